The van der Waals surface area contributed by atoms with Gasteiger partial charge in [-0.2, -0.15) is 0 Å². The van der Waals surface area contributed by atoms with E-state index in [2.05, 4.69) is 15.0 Å². The zero-order valence-electron chi connectivity index (χ0n) is 6.93. The highest BCUT2D eigenvalue weighted by molar-refractivity contribution is 7.16. The summed E-state index contributed by atoms with van der Waals surface area (Å²) in [6, 6.07) is 0. The Kier molecular flexibility index (Phi) is 1.94. The molecule has 2 aromatic heterocycles. The van der Waals surface area contributed by atoms with E-state index in [1.54, 1.807) is 12.4 Å². The van der Waals surface area contributed by atoms with Crippen molar-refractivity contribution >= 4 is 11.3 Å². The summed E-state index contributed by atoms with van der Waals surface area (Å²) < 4.78 is 0. The maximum Gasteiger partial charge on any atom is 0.192 e. The van der Waals surface area contributed by atoms with Gasteiger partial charge in [0, 0.05) is 18.0 Å². The lowest BCUT2D eigenvalue weighted by atomic mass is 10.3. The van der Waals surface area contributed by atoms with Gasteiger partial charge >= 0.3 is 0 Å². The summed E-state index contributed by atoms with van der Waals surface area (Å²) in [6.45, 7) is 1.82. The lowest BCUT2D eigenvalue weighted by Gasteiger charge is -1.93. The van der Waals surface area contributed by atoms with E-state index >= 15 is 0 Å². The van der Waals surface area contributed by atoms with Crippen molar-refractivity contribution in [3.05, 3.63) is 24.4 Å². The fraction of sp³-hybridized carbons (Fsp3) is 0.125. The number of hydrogen-bond acceptors (Lipinski definition) is 5. The average Bonchev–Trinajstić information content (AvgIpc) is 2.53. The van der Waals surface area contributed by atoms with Crippen molar-refractivity contribution in [3.63, 3.8) is 0 Å². The highest BCUT2D eigenvalue weighted by atomic mass is 32.1. The number of thiazole rings is 1. The van der Waals surface area contributed by atoms with Crippen LogP contribution in [0.25, 0.3) is 10.6 Å². The third-order valence-corrected chi connectivity index (χ3v) is 2.37. The molecule has 1 N–H and O–H groups in total. The van der Waals surface area contributed by atoms with E-state index in [0.29, 0.717) is 0 Å². The van der Waals surface area contributed by atoms with Gasteiger partial charge in [-0.1, -0.05) is 11.3 Å². The Morgan fingerprint density at radius 3 is 2.38 bits per heavy atom. The van der Waals surface area contributed by atoms with Crippen LogP contribution in [0.2, 0.25) is 0 Å². The fourth-order valence-corrected chi connectivity index (χ4v) is 1.53. The van der Waals surface area contributed by atoms with Crippen molar-refractivity contribution in [2.75, 3.05) is 0 Å². The van der Waals surface area contributed by atoms with Gasteiger partial charge in [0.25, 0.3) is 0 Å². The van der Waals surface area contributed by atoms with Crippen LogP contribution in [0.15, 0.2) is 18.6 Å². The molecule has 0 amide bonds. The topological polar surface area (TPSA) is 58.9 Å². The molecule has 2 rings (SSSR count). The lowest BCUT2D eigenvalue weighted by Crippen LogP contribution is -1.86. The highest BCUT2D eigenvalue weighted by Crippen LogP contribution is 2.27. The largest absolute Gasteiger partial charge is 0.498 e. The van der Waals surface area contributed by atoms with Crippen LogP contribution in [-0.4, -0.2) is 20.1 Å². The lowest BCUT2D eigenvalue weighted by molar-refractivity contribution is 0.489. The Morgan fingerprint density at radius 1 is 1.15 bits per heavy atom. The van der Waals surface area contributed by atoms with Crippen molar-refractivity contribution in [3.8, 4) is 15.6 Å². The minimum Gasteiger partial charge on any atom is -0.498 e. The third-order valence-electron chi connectivity index (χ3n) is 1.52. The predicted octanol–water partition coefficient (Wildman–Crippen LogP) is 1.61. The molecule has 0 aromatic carbocycles. The molecule has 0 saturated heterocycles. The molecule has 0 spiro atoms. The van der Waals surface area contributed by atoms with Crippen LogP contribution in [0.1, 0.15) is 5.82 Å². The summed E-state index contributed by atoms with van der Waals surface area (Å²) in [7, 11) is 0. The minimum atomic E-state index is 0.204. The second-order valence-corrected chi connectivity index (χ2v) is 3.53. The van der Waals surface area contributed by atoms with E-state index in [0.717, 1.165) is 16.4 Å². The first-order chi connectivity index (χ1) is 6.25. The zero-order valence-corrected chi connectivity index (χ0v) is 7.75. The van der Waals surface area contributed by atoms with Crippen LogP contribution in [0.3, 0.4) is 0 Å². The van der Waals surface area contributed by atoms with Gasteiger partial charge in [0.1, 0.15) is 10.8 Å². The highest BCUT2D eigenvalue weighted by Gasteiger charge is 2.03. The maximum atomic E-state index is 9.08. The molecule has 4 nitrogen and oxygen atoms in total. The van der Waals surface area contributed by atoms with Gasteiger partial charge in [-0.25, -0.2) is 15.0 Å². The van der Waals surface area contributed by atoms with Crippen LogP contribution in [0, 0.1) is 6.92 Å². The van der Waals surface area contributed by atoms with Crippen molar-refractivity contribution in [1.29, 1.82) is 0 Å². The summed E-state index contributed by atoms with van der Waals surface area (Å²) in [5.74, 6) is 0.726. The van der Waals surface area contributed by atoms with E-state index < -0.39 is 0 Å². The Balaban J connectivity index is 2.41. The molecule has 13 heavy (non-hydrogen) atoms. The summed E-state index contributed by atoms with van der Waals surface area (Å²) in [5.41, 5.74) is 0.830. The standard InChI is InChI=1S/C8H7N3OS/c1-5-9-2-6(3-10-5)8-11-4-7(12)13-8/h2-4,12H,1H3. The minimum absolute atomic E-state index is 0.204. The van der Waals surface area contributed by atoms with Crippen LogP contribution in [0.4, 0.5) is 0 Å². The van der Waals surface area contributed by atoms with Crippen LogP contribution in [-0.2, 0) is 0 Å². The quantitative estimate of drug-likeness (QED) is 0.747. The van der Waals surface area contributed by atoms with Gasteiger partial charge < -0.3 is 5.11 Å². The van der Waals surface area contributed by atoms with Gasteiger partial charge in [-0.15, -0.1) is 0 Å². The van der Waals surface area contributed by atoms with Gasteiger partial charge in [0.15, 0.2) is 5.06 Å². The Morgan fingerprint density at radius 2 is 1.85 bits per heavy atom. The van der Waals surface area contributed by atoms with E-state index in [4.69, 9.17) is 5.11 Å². The second kappa shape index (κ2) is 3.10. The Labute approximate surface area is 78.9 Å². The molecule has 0 bridgehead atoms. The molecule has 66 valence electrons. The molecule has 0 aliphatic heterocycles. The first-order valence-electron chi connectivity index (χ1n) is 3.69. The molecular formula is C8H7N3OS. The van der Waals surface area contributed by atoms with Gasteiger partial charge in [-0.3, -0.25) is 0 Å². The van der Waals surface area contributed by atoms with Gasteiger partial charge in [0.2, 0.25) is 0 Å². The molecule has 0 fully saturated rings. The smallest absolute Gasteiger partial charge is 0.192 e. The molecule has 0 aliphatic carbocycles. The fourth-order valence-electron chi connectivity index (χ4n) is 0.902. The molecule has 0 atom stereocenters. The van der Waals surface area contributed by atoms with E-state index in [1.165, 1.54) is 17.5 Å². The molecule has 0 unspecified atom stereocenters. The van der Waals surface area contributed by atoms with Crippen molar-refractivity contribution in [2.24, 2.45) is 0 Å². The summed E-state index contributed by atoms with van der Waals surface area (Å²) in [6.07, 6.45) is 4.81. The van der Waals surface area contributed by atoms with E-state index in [-0.39, 0.29) is 5.06 Å². The first-order valence-corrected chi connectivity index (χ1v) is 4.51. The normalized spacial score (nSPS) is 10.2. The predicted molar refractivity (Wildman–Crippen MR) is 49.5 cm³/mol. The summed E-state index contributed by atoms with van der Waals surface area (Å²) >= 11 is 1.21. The second-order valence-electron chi connectivity index (χ2n) is 2.52. The van der Waals surface area contributed by atoms with Crippen molar-refractivity contribution in [2.45, 2.75) is 6.92 Å². The van der Waals surface area contributed by atoms with Gasteiger partial charge in [-0.05, 0) is 6.92 Å². The Bertz CT molecular complexity index is 410. The maximum absolute atomic E-state index is 9.08. The monoisotopic (exact) mass is 193 g/mol. The molecule has 0 radical (unpaired) electrons. The molecule has 0 saturated carbocycles. The number of aromatic nitrogens is 3. The van der Waals surface area contributed by atoms with Crippen LogP contribution < -0.4 is 0 Å². The molecule has 2 aromatic rings. The third kappa shape index (κ3) is 1.65. The van der Waals surface area contributed by atoms with Crippen molar-refractivity contribution < 1.29 is 5.11 Å². The summed E-state index contributed by atoms with van der Waals surface area (Å²) in [5, 5.41) is 10.0. The molecule has 2 heterocycles. The number of aryl methyl sites for hydroxylation is 1. The number of nitrogens with zero attached hydrogens (tertiary/aromatic N) is 3. The summed E-state index contributed by atoms with van der Waals surface area (Å²) in [4.78, 5) is 12.1. The van der Waals surface area contributed by atoms with Gasteiger partial charge in [0.05, 0.1) is 6.20 Å². The van der Waals surface area contributed by atoms with Crippen molar-refractivity contribution in [1.82, 2.24) is 15.0 Å². The van der Waals surface area contributed by atoms with Crippen LogP contribution >= 0.6 is 11.3 Å². The first kappa shape index (κ1) is 8.12. The average molecular weight is 193 g/mol. The molecular weight excluding hydrogens is 186 g/mol. The number of aromatic hydroxyl groups is 1. The Hall–Kier alpha value is -1.49. The number of rotatable bonds is 1. The molecule has 5 heteroatoms. The number of hydrogen-bond donors (Lipinski definition) is 1. The zero-order chi connectivity index (χ0) is 9.26. The van der Waals surface area contributed by atoms with E-state index in [9.17, 15) is 0 Å². The van der Waals surface area contributed by atoms with E-state index in [1.807, 2.05) is 6.92 Å². The van der Waals surface area contributed by atoms with Crippen LogP contribution in [0.5, 0.6) is 5.06 Å². The molecule has 0 aliphatic rings. The SMILES string of the molecule is Cc1ncc(-c2ncc(O)s2)cn1.